The Bertz CT molecular complexity index is 1200. The molecule has 1 unspecified atom stereocenters. The van der Waals surface area contributed by atoms with Crippen LogP contribution < -0.4 is 16.0 Å². The fourth-order valence-corrected chi connectivity index (χ4v) is 4.66. The highest BCUT2D eigenvalue weighted by Gasteiger charge is 2.32. The maximum absolute atomic E-state index is 13.8. The van der Waals surface area contributed by atoms with Crippen molar-refractivity contribution < 1.29 is 18.4 Å². The predicted molar refractivity (Wildman–Crippen MR) is 127 cm³/mol. The molecular weight excluding hydrogens is 440 g/mol. The number of hydrogen-bond acceptors (Lipinski definition) is 4. The summed E-state index contributed by atoms with van der Waals surface area (Å²) in [5.41, 5.74) is 10.2. The van der Waals surface area contributed by atoms with Crippen LogP contribution in [0.4, 0.5) is 19.3 Å². The van der Waals surface area contributed by atoms with Gasteiger partial charge in [-0.25, -0.2) is 13.6 Å². The van der Waals surface area contributed by atoms with Crippen LogP contribution in [-0.2, 0) is 0 Å². The van der Waals surface area contributed by atoms with Gasteiger partial charge in [0, 0.05) is 60.8 Å². The quantitative estimate of drug-likeness (QED) is 0.676. The van der Waals surface area contributed by atoms with Crippen molar-refractivity contribution in [1.29, 1.82) is 0 Å². The minimum absolute atomic E-state index is 0.184. The highest BCUT2D eigenvalue weighted by molar-refractivity contribution is 6.13. The van der Waals surface area contributed by atoms with Gasteiger partial charge in [0.1, 0.15) is 11.6 Å². The Morgan fingerprint density at radius 2 is 1.88 bits per heavy atom. The second-order valence-corrected chi connectivity index (χ2v) is 8.42. The van der Waals surface area contributed by atoms with Crippen molar-refractivity contribution in [2.75, 3.05) is 31.6 Å². The first-order valence-electron chi connectivity index (χ1n) is 11.1. The molecule has 0 aromatic heterocycles. The number of carbonyl (C=O) groups is 2. The molecule has 1 atom stereocenters. The van der Waals surface area contributed by atoms with Gasteiger partial charge in [0.15, 0.2) is 0 Å². The number of amides is 3. The van der Waals surface area contributed by atoms with Gasteiger partial charge < -0.3 is 16.0 Å². The van der Waals surface area contributed by atoms with Gasteiger partial charge in [0.25, 0.3) is 5.91 Å². The number of benzene rings is 2. The molecule has 2 heterocycles. The number of nitrogens with two attached hydrogens (primary N) is 1. The first-order chi connectivity index (χ1) is 16.2. The summed E-state index contributed by atoms with van der Waals surface area (Å²) in [4.78, 5) is 33.2. The highest BCUT2D eigenvalue weighted by atomic mass is 19.1. The van der Waals surface area contributed by atoms with Crippen LogP contribution in [0.2, 0.25) is 0 Å². The van der Waals surface area contributed by atoms with E-state index in [4.69, 9.17) is 5.73 Å². The van der Waals surface area contributed by atoms with E-state index in [9.17, 15) is 18.4 Å². The second-order valence-electron chi connectivity index (χ2n) is 8.42. The molecule has 2 aliphatic heterocycles. The lowest BCUT2D eigenvalue weighted by Crippen LogP contribution is -2.46. The van der Waals surface area contributed by atoms with E-state index in [2.05, 4.69) is 10.3 Å². The van der Waals surface area contributed by atoms with Crippen LogP contribution in [0.15, 0.2) is 52.7 Å². The van der Waals surface area contributed by atoms with Crippen LogP contribution in [0.3, 0.4) is 0 Å². The summed E-state index contributed by atoms with van der Waals surface area (Å²) in [6.45, 7) is 5.10. The lowest BCUT2D eigenvalue weighted by atomic mass is 9.91. The maximum Gasteiger partial charge on any atom is 0.322 e. The topological polar surface area (TPSA) is 91.0 Å². The third-order valence-corrected chi connectivity index (χ3v) is 6.46. The summed E-state index contributed by atoms with van der Waals surface area (Å²) in [5.74, 6) is -1.59. The third-order valence-electron chi connectivity index (χ3n) is 6.46. The molecule has 7 nitrogen and oxygen atoms in total. The molecule has 3 amide bonds. The molecule has 0 saturated carbocycles. The molecule has 2 aliphatic rings. The molecule has 0 spiro atoms. The Labute approximate surface area is 196 Å². The Kier molecular flexibility index (Phi) is 6.37. The van der Waals surface area contributed by atoms with Gasteiger partial charge in [0.2, 0.25) is 0 Å². The second kappa shape index (κ2) is 9.24. The minimum atomic E-state index is -0.696. The number of urea groups is 1. The van der Waals surface area contributed by atoms with E-state index in [1.165, 1.54) is 12.1 Å². The van der Waals surface area contributed by atoms with Crippen molar-refractivity contribution in [3.05, 3.63) is 76.0 Å². The average Bonchev–Trinajstić information content (AvgIpc) is 3.22. The molecule has 1 saturated heterocycles. The van der Waals surface area contributed by atoms with Gasteiger partial charge in [-0.3, -0.25) is 14.7 Å². The van der Waals surface area contributed by atoms with Crippen LogP contribution in [0.25, 0.3) is 0 Å². The SMILES string of the molecule is CN=C(C1=C(N)C(C)N(C(=O)c2cccc(N3CCNC3=O)c2C)CC1)c1cc(F)cc(F)c1. The number of anilines is 1. The van der Waals surface area contributed by atoms with Crippen molar-refractivity contribution in [3.8, 4) is 0 Å². The van der Waals surface area contributed by atoms with E-state index in [1.807, 2.05) is 19.9 Å². The summed E-state index contributed by atoms with van der Waals surface area (Å²) < 4.78 is 27.6. The smallest absolute Gasteiger partial charge is 0.322 e. The van der Waals surface area contributed by atoms with Crippen LogP contribution in [0.5, 0.6) is 0 Å². The summed E-state index contributed by atoms with van der Waals surface area (Å²) >= 11 is 0. The zero-order chi connectivity index (χ0) is 24.6. The first kappa shape index (κ1) is 23.4. The van der Waals surface area contributed by atoms with Gasteiger partial charge in [0.05, 0.1) is 11.8 Å². The largest absolute Gasteiger partial charge is 0.400 e. The van der Waals surface area contributed by atoms with Crippen molar-refractivity contribution in [3.63, 3.8) is 0 Å². The molecule has 0 bridgehead atoms. The molecular formula is C25H27F2N5O2. The zero-order valence-corrected chi connectivity index (χ0v) is 19.4. The summed E-state index contributed by atoms with van der Waals surface area (Å²) in [6, 6.07) is 7.94. The molecule has 34 heavy (non-hydrogen) atoms. The van der Waals surface area contributed by atoms with Crippen LogP contribution in [0, 0.1) is 18.6 Å². The van der Waals surface area contributed by atoms with E-state index < -0.39 is 17.7 Å². The van der Waals surface area contributed by atoms with E-state index in [-0.39, 0.29) is 11.9 Å². The Morgan fingerprint density at radius 3 is 2.50 bits per heavy atom. The molecule has 3 N–H and O–H groups in total. The molecule has 0 radical (unpaired) electrons. The van der Waals surface area contributed by atoms with Crippen molar-refractivity contribution in [1.82, 2.24) is 10.2 Å². The van der Waals surface area contributed by atoms with Crippen molar-refractivity contribution >= 4 is 23.3 Å². The molecule has 2 aromatic carbocycles. The molecule has 4 rings (SSSR count). The molecule has 2 aromatic rings. The van der Waals surface area contributed by atoms with Gasteiger partial charge in [-0.1, -0.05) is 6.07 Å². The number of halogens is 2. The average molecular weight is 468 g/mol. The summed E-state index contributed by atoms with van der Waals surface area (Å²) in [7, 11) is 1.55. The Balaban J connectivity index is 1.64. The van der Waals surface area contributed by atoms with E-state index >= 15 is 0 Å². The van der Waals surface area contributed by atoms with Gasteiger partial charge >= 0.3 is 6.03 Å². The number of nitrogens with one attached hydrogen (secondary N) is 1. The third kappa shape index (κ3) is 4.13. The zero-order valence-electron chi connectivity index (χ0n) is 19.4. The number of nitrogens with zero attached hydrogens (tertiary/aromatic N) is 3. The Hall–Kier alpha value is -3.75. The fraction of sp³-hybridized carbons (Fsp3) is 0.320. The maximum atomic E-state index is 13.8. The normalized spacial score (nSPS) is 19.0. The number of aliphatic imine (C=N–C) groups is 1. The molecule has 178 valence electrons. The lowest BCUT2D eigenvalue weighted by Gasteiger charge is -2.36. The van der Waals surface area contributed by atoms with Gasteiger partial charge in [-0.15, -0.1) is 0 Å². The first-order valence-corrected chi connectivity index (χ1v) is 11.1. The van der Waals surface area contributed by atoms with Gasteiger partial charge in [-0.05, 0) is 50.1 Å². The fourth-order valence-electron chi connectivity index (χ4n) is 4.66. The van der Waals surface area contributed by atoms with E-state index in [0.717, 1.165) is 11.6 Å². The number of carbonyl (C=O) groups excluding carboxylic acids is 2. The van der Waals surface area contributed by atoms with Crippen molar-refractivity contribution in [2.24, 2.45) is 10.7 Å². The number of rotatable bonds is 4. The van der Waals surface area contributed by atoms with Gasteiger partial charge in [-0.2, -0.15) is 0 Å². The Morgan fingerprint density at radius 1 is 1.18 bits per heavy atom. The van der Waals surface area contributed by atoms with Crippen molar-refractivity contribution in [2.45, 2.75) is 26.3 Å². The number of hydrogen-bond donors (Lipinski definition) is 2. The van der Waals surface area contributed by atoms with Crippen LogP contribution in [-0.4, -0.2) is 55.3 Å². The van der Waals surface area contributed by atoms with E-state index in [1.54, 1.807) is 29.0 Å². The summed E-state index contributed by atoms with van der Waals surface area (Å²) in [5, 5.41) is 2.77. The highest BCUT2D eigenvalue weighted by Crippen LogP contribution is 2.30. The molecule has 1 fully saturated rings. The monoisotopic (exact) mass is 467 g/mol. The predicted octanol–water partition coefficient (Wildman–Crippen LogP) is 3.37. The minimum Gasteiger partial charge on any atom is -0.400 e. The summed E-state index contributed by atoms with van der Waals surface area (Å²) in [6.07, 6.45) is 0.389. The lowest BCUT2D eigenvalue weighted by molar-refractivity contribution is 0.0706. The van der Waals surface area contributed by atoms with Crippen LogP contribution in [0.1, 0.15) is 34.8 Å². The van der Waals surface area contributed by atoms with E-state index in [0.29, 0.717) is 59.9 Å². The van der Waals surface area contributed by atoms with Crippen LogP contribution >= 0.6 is 0 Å². The molecule has 9 heteroatoms. The standard InChI is InChI=1S/C25H27F2N5O2/c1-14-19(5-4-6-21(14)32-10-8-30-25(32)34)24(33)31-9-7-20(22(28)15(31)2)23(29-3)16-11-17(26)13-18(27)12-16/h4-6,11-13,15H,7-10,28H2,1-3H3,(H,30,34). The molecule has 0 aliphatic carbocycles.